The Hall–Kier alpha value is -12.5. The largest absolute Gasteiger partial charge is 0.446 e. The molecule has 0 bridgehead atoms. The minimum Gasteiger partial charge on any atom is -0.446 e. The van der Waals surface area contributed by atoms with Crippen LogP contribution in [0.15, 0.2) is 240 Å². The van der Waals surface area contributed by atoms with E-state index in [0.29, 0.717) is 78.1 Å². The number of thiazole rings is 2. The van der Waals surface area contributed by atoms with E-state index in [2.05, 4.69) is 38.9 Å². The Labute approximate surface area is 753 Å². The number of aryl methyl sites for hydroxylation is 6. The summed E-state index contributed by atoms with van der Waals surface area (Å²) in [6, 6.07) is 65.8. The molecule has 0 atom stereocenters. The summed E-state index contributed by atoms with van der Waals surface area (Å²) in [4.78, 5) is 80.1. The standard InChI is InChI=1S/C26H25ClN4O2.C26H23ClN4O2.C23H19ClN4OS.C23H27FN4OS/c2*1-18-16-28-26(33-18)20-10-12-30(13-11-20)25(32)17-31-24(19-6-3-2-4-7-19)15-23(29-31)21-8-5-9-22(27)14-21;1-15-25-20-12-27(13-22(20)30-15)23(29)14-28-21(16-6-3-2-4-7-16)11-19(26-28)17-8-5-9-18(24)10-17;1-4-19-12-21(18-5-6-20(24)15(2)11-18)26-28(19)14-22(29)27-9-7-17(8-10-27)23-25-13-16(3)30-23/h2-9,14-16,20H,10-13,17H2,1H3;2-10,14-16H,11-13,17H2,1H3;2-11H,12-14H2,1H3;5-6,11-13,17H,4,7-10,14H2,1-3H3. The molecule has 15 aromatic rings. The van der Waals surface area contributed by atoms with Crippen molar-refractivity contribution in [3.63, 3.8) is 0 Å². The molecule has 19 rings (SSSR count). The van der Waals surface area contributed by atoms with Crippen molar-refractivity contribution in [1.29, 1.82) is 0 Å². The van der Waals surface area contributed by atoms with Crippen molar-refractivity contribution >= 4 is 86.7 Å². The lowest BCUT2D eigenvalue weighted by Gasteiger charge is -2.31. The van der Waals surface area contributed by atoms with Crippen molar-refractivity contribution in [3.8, 4) is 78.8 Å². The maximum absolute atomic E-state index is 13.6. The smallest absolute Gasteiger partial charge is 0.245 e. The fourth-order valence-corrected chi connectivity index (χ4v) is 18.5. The second kappa shape index (κ2) is 39.8. The quantitative estimate of drug-likeness (QED) is 0.0733. The first kappa shape index (κ1) is 87.0. The van der Waals surface area contributed by atoms with Crippen LogP contribution >= 0.6 is 57.5 Å². The molecular weight excluding hydrogens is 1690 g/mol. The third kappa shape index (κ3) is 21.2. The molecule has 0 saturated carbocycles. The van der Waals surface area contributed by atoms with Crippen LogP contribution < -0.4 is 0 Å². The predicted molar refractivity (Wildman–Crippen MR) is 493 cm³/mol. The van der Waals surface area contributed by atoms with E-state index < -0.39 is 0 Å². The summed E-state index contributed by atoms with van der Waals surface area (Å²) in [5, 5.41) is 23.2. The first-order chi connectivity index (χ1) is 61.1. The van der Waals surface area contributed by atoms with E-state index in [1.807, 2.05) is 241 Å². The number of carbonyl (C=O) groups excluding carboxylic acids is 4. The minimum absolute atomic E-state index is 0.0202. The molecule has 0 unspecified atom stereocenters. The lowest BCUT2D eigenvalue weighted by atomic mass is 9.97. The molecule has 12 heterocycles. The number of rotatable bonds is 19. The molecule has 0 spiro atoms. The maximum atomic E-state index is 13.6. The molecule has 7 aromatic carbocycles. The zero-order chi connectivity index (χ0) is 87.5. The summed E-state index contributed by atoms with van der Waals surface area (Å²) in [7, 11) is 0. The van der Waals surface area contributed by atoms with E-state index in [-0.39, 0.29) is 61.5 Å². The predicted octanol–water partition coefficient (Wildman–Crippen LogP) is 21.0. The van der Waals surface area contributed by atoms with Gasteiger partial charge in [0.15, 0.2) is 5.89 Å². The van der Waals surface area contributed by atoms with E-state index in [9.17, 15) is 23.6 Å². The molecule has 0 radical (unpaired) electrons. The number of carbonyl (C=O) groups is 4. The van der Waals surface area contributed by atoms with Gasteiger partial charge in [0.1, 0.15) is 43.5 Å². The van der Waals surface area contributed by atoms with Crippen LogP contribution in [0.25, 0.3) is 84.4 Å². The lowest BCUT2D eigenvalue weighted by Crippen LogP contribution is -2.40. The number of aromatic nitrogens is 12. The Morgan fingerprint density at radius 1 is 0.444 bits per heavy atom. The van der Waals surface area contributed by atoms with E-state index in [0.717, 1.165) is 163 Å². The number of likely N-dealkylation sites (tertiary alicyclic amines) is 2. The van der Waals surface area contributed by atoms with Gasteiger partial charge in [-0.2, -0.15) is 20.4 Å². The summed E-state index contributed by atoms with van der Waals surface area (Å²) >= 11 is 22.0. The van der Waals surface area contributed by atoms with Crippen LogP contribution in [0.5, 0.6) is 0 Å². The molecule has 642 valence electrons. The summed E-state index contributed by atoms with van der Waals surface area (Å²) in [6.07, 6.45) is 12.5. The van der Waals surface area contributed by atoms with Gasteiger partial charge < -0.3 is 28.4 Å². The first-order valence-corrected chi connectivity index (χ1v) is 44.9. The summed E-state index contributed by atoms with van der Waals surface area (Å²) in [5.74, 6) is 3.76. The van der Waals surface area contributed by atoms with Crippen molar-refractivity contribution in [2.24, 2.45) is 0 Å². The van der Waals surface area contributed by atoms with E-state index >= 15 is 0 Å². The minimum atomic E-state index is -0.222. The van der Waals surface area contributed by atoms with Crippen LogP contribution in [-0.2, 0) is 64.9 Å². The Balaban J connectivity index is 0.000000124. The number of halogens is 4. The zero-order valence-electron chi connectivity index (χ0n) is 70.8. The third-order valence-corrected chi connectivity index (χ3v) is 25.6. The molecule has 126 heavy (non-hydrogen) atoms. The molecule has 4 aliphatic rings. The molecule has 22 nitrogen and oxygen atoms in total. The molecular formula is C98H94Cl3FN16O6S2. The SMILES string of the molecule is CCc1cc(-c2ccc(F)c(C)c2)nn1CC(=O)N1CCC(c2ncc(C)s2)CC1.Cc1cnc(C2=CCN(C(=O)Cn3nc(-c4cccc(Cl)c4)cc3-c3ccccc3)CC2)o1.Cc1cnc(C2CCN(C(=O)Cn3nc(-c4cccc(Cl)c4)cc3-c3ccccc3)CC2)o1.Cc1nc2c(s1)CN(C(=O)Cn1nc(-c3cccc(Cl)c3)cc1-c1ccccc1)C2. The summed E-state index contributed by atoms with van der Waals surface area (Å²) in [6.45, 7) is 17.7. The van der Waals surface area contributed by atoms with E-state index in [4.69, 9.17) is 58.9 Å². The molecule has 8 aromatic heterocycles. The van der Waals surface area contributed by atoms with E-state index in [1.165, 1.54) is 20.8 Å². The number of fused-ring (bicyclic) bond motifs is 1. The first-order valence-electron chi connectivity index (χ1n) is 42.2. The Kier molecular flexibility index (Phi) is 27.5. The van der Waals surface area contributed by atoms with Gasteiger partial charge in [0.2, 0.25) is 29.5 Å². The highest BCUT2D eigenvalue weighted by atomic mass is 35.5. The number of nitrogens with zero attached hydrogens (tertiary/aromatic N) is 16. The normalized spacial score (nSPS) is 14.1. The highest BCUT2D eigenvalue weighted by Gasteiger charge is 2.32. The molecule has 28 heteroatoms. The average molecular weight is 1780 g/mol. The lowest BCUT2D eigenvalue weighted by molar-refractivity contribution is -0.133. The van der Waals surface area contributed by atoms with Crippen LogP contribution in [0, 0.1) is 40.4 Å². The number of piperidine rings is 2. The van der Waals surface area contributed by atoms with Crippen molar-refractivity contribution < 1.29 is 32.4 Å². The molecule has 2 saturated heterocycles. The molecule has 4 aliphatic heterocycles. The second-order valence-corrected chi connectivity index (χ2v) is 35.6. The van der Waals surface area contributed by atoms with Crippen LogP contribution in [0.1, 0.15) is 111 Å². The van der Waals surface area contributed by atoms with Gasteiger partial charge in [-0.1, -0.05) is 175 Å². The summed E-state index contributed by atoms with van der Waals surface area (Å²) < 4.78 is 32.1. The number of amides is 4. The fourth-order valence-electron chi connectivity index (χ4n) is 16.0. The molecule has 0 N–H and O–H groups in total. The molecule has 0 aliphatic carbocycles. The topological polar surface area (TPSA) is 230 Å². The van der Waals surface area contributed by atoms with Gasteiger partial charge in [0.25, 0.3) is 0 Å². The van der Waals surface area contributed by atoms with Crippen molar-refractivity contribution in [3.05, 3.63) is 312 Å². The highest BCUT2D eigenvalue weighted by molar-refractivity contribution is 7.12. The number of hydrogen-bond donors (Lipinski definition) is 0. The average Bonchev–Trinajstić information content (AvgIpc) is 1.66. The van der Waals surface area contributed by atoms with Crippen molar-refractivity contribution in [2.75, 3.05) is 39.3 Å². The van der Waals surface area contributed by atoms with Gasteiger partial charge in [-0.05, 0) is 174 Å². The van der Waals surface area contributed by atoms with Crippen LogP contribution in [0.4, 0.5) is 4.39 Å². The van der Waals surface area contributed by atoms with Gasteiger partial charge in [0, 0.05) is 116 Å². The zero-order valence-corrected chi connectivity index (χ0v) is 74.7. The number of hydrogen-bond acceptors (Lipinski definition) is 16. The van der Waals surface area contributed by atoms with Gasteiger partial charge in [-0.3, -0.25) is 37.9 Å². The molecule has 2 fully saturated rings. The molecule has 4 amide bonds. The van der Waals surface area contributed by atoms with Crippen LogP contribution in [0.3, 0.4) is 0 Å². The Morgan fingerprint density at radius 3 is 1.33 bits per heavy atom. The van der Waals surface area contributed by atoms with Gasteiger partial charge >= 0.3 is 0 Å². The fraction of sp³-hybridized carbons (Fsp3) is 0.265. The maximum Gasteiger partial charge on any atom is 0.245 e. The highest BCUT2D eigenvalue weighted by Crippen LogP contribution is 2.37. The third-order valence-electron chi connectivity index (χ3n) is 22.8. The monoisotopic (exact) mass is 1780 g/mol. The van der Waals surface area contributed by atoms with Crippen LogP contribution in [-0.4, -0.2) is 142 Å². The van der Waals surface area contributed by atoms with Crippen LogP contribution in [0.2, 0.25) is 15.1 Å². The van der Waals surface area contributed by atoms with E-state index in [1.54, 1.807) is 72.9 Å². The summed E-state index contributed by atoms with van der Waals surface area (Å²) in [5.41, 5.74) is 16.2. The number of benzene rings is 7. The number of oxazole rings is 2. The van der Waals surface area contributed by atoms with Crippen molar-refractivity contribution in [1.82, 2.24) is 78.7 Å². The van der Waals surface area contributed by atoms with Gasteiger partial charge in [0.05, 0.1) is 81.0 Å². The van der Waals surface area contributed by atoms with Gasteiger partial charge in [-0.25, -0.2) is 24.3 Å². The Morgan fingerprint density at radius 2 is 0.897 bits per heavy atom. The van der Waals surface area contributed by atoms with Gasteiger partial charge in [-0.15, -0.1) is 22.7 Å². The van der Waals surface area contributed by atoms with Crippen molar-refractivity contribution in [2.45, 2.75) is 131 Å². The Bertz CT molecular complexity index is 6370. The second-order valence-electron chi connectivity index (χ2n) is 31.7.